The Labute approximate surface area is 793 Å². The first-order valence-electron chi connectivity index (χ1n) is 51.1. The molecule has 14 atom stereocenters. The smallest absolute Gasteiger partial charge is 0.0577 e. The summed E-state index contributed by atoms with van der Waals surface area (Å²) >= 11 is 0. The van der Waals surface area contributed by atoms with Gasteiger partial charge in [-0.05, 0) is 265 Å². The molecule has 4 N–H and O–H groups in total. The molecule has 11 heteroatoms. The maximum Gasteiger partial charge on any atom is 0.0577 e. The molecule has 0 aliphatic carbocycles. The van der Waals surface area contributed by atoms with Crippen molar-refractivity contribution in [2.24, 2.45) is 172 Å². The van der Waals surface area contributed by atoms with Gasteiger partial charge in [-0.15, -0.1) is 0 Å². The van der Waals surface area contributed by atoms with Crippen molar-refractivity contribution in [2.45, 2.75) is 471 Å². The molecule has 0 aromatic rings. The molecule has 0 saturated carbocycles. The fourth-order valence-electron chi connectivity index (χ4n) is 19.0. The Morgan fingerprint density at radius 1 is 0.176 bits per heavy atom. The normalized spacial score (nSPS) is 16.1. The van der Waals surface area contributed by atoms with Crippen molar-refractivity contribution in [3.8, 4) is 0 Å². The van der Waals surface area contributed by atoms with Gasteiger partial charge in [-0.3, -0.25) is 0 Å². The highest BCUT2D eigenvalue weighted by Crippen LogP contribution is 2.42. The Balaban J connectivity index is -0.000000127. The Morgan fingerprint density at radius 3 is 0.336 bits per heavy atom. The molecule has 0 aromatic heterocycles. The van der Waals surface area contributed by atoms with Gasteiger partial charge in [0, 0.05) is 101 Å². The molecule has 0 heterocycles. The van der Waals surface area contributed by atoms with Gasteiger partial charge in [-0.25, -0.2) is 0 Å². The number of hydrogen-bond donors (Lipinski definition) is 4. The predicted molar refractivity (Wildman–Crippen MR) is 564 cm³/mol. The number of ether oxygens (including phenoxy) is 7. The minimum absolute atomic E-state index is 0.320. The SMILES string of the molecule is CC(C)[C@@H](CCO)C(C)(C)C.CC(C)[C@@H](CCO)C(C)(C)C.CC(C)[C@H](CCO)C(C)(C)C.CC(C)[C@H](CCO)C(C)(C)C.CCO[C@@H](C)[C@H](C)C(C)(C)C.CCO[C@H](C)[C@@H](C)C(C)(C)C.CCO[C@H](C)[C@H](C)C(C)(C)C.COCC[C@@H](C(C)C)C(C)(C)C.COCC[C@@H](C(C)C)C(C)(C)C.COCC[C@H](C(C)C)C(C)(C)C.COCC[C@H](C(C)C)C(C)(C)C. The quantitative estimate of drug-likeness (QED) is 0.0472. The second-order valence-corrected chi connectivity index (χ2v) is 51.9. The molecule has 0 radical (unpaired) electrons. The first-order chi connectivity index (χ1) is 55.8. The molecule has 11 nitrogen and oxygen atoms in total. The van der Waals surface area contributed by atoms with Gasteiger partial charge in [-0.1, -0.05) is 360 Å². The van der Waals surface area contributed by atoms with Crippen LogP contribution in [0.2, 0.25) is 0 Å². The van der Waals surface area contributed by atoms with Crippen LogP contribution in [0.3, 0.4) is 0 Å². The largest absolute Gasteiger partial charge is 0.396 e. The second kappa shape index (κ2) is 74.8. The Kier molecular flexibility index (Phi) is 88.2. The lowest BCUT2D eigenvalue weighted by Crippen LogP contribution is -2.29. The summed E-state index contributed by atoms with van der Waals surface area (Å²) in [5.41, 5.74) is 4.03. The maximum atomic E-state index is 8.85. The molecule has 0 fully saturated rings. The topological polar surface area (TPSA) is 146 Å². The third kappa shape index (κ3) is 85.0. The zero-order valence-electron chi connectivity index (χ0n) is 98.3. The van der Waals surface area contributed by atoms with Crippen LogP contribution in [0, 0.1) is 172 Å². The molecule has 0 rings (SSSR count). The molecule has 0 unspecified atom stereocenters. The minimum atomic E-state index is 0.320. The first kappa shape index (κ1) is 147. The number of methoxy groups -OCH3 is 4. The number of aliphatic hydroxyl groups excluding tert-OH is 4. The summed E-state index contributed by atoms with van der Waals surface area (Å²) in [5, 5.41) is 35.4. The summed E-state index contributed by atoms with van der Waals surface area (Å²) in [7, 11) is 7.11. The van der Waals surface area contributed by atoms with Crippen molar-refractivity contribution < 1.29 is 53.6 Å². The van der Waals surface area contributed by atoms with Crippen molar-refractivity contribution in [3.05, 3.63) is 0 Å². The third-order valence-electron chi connectivity index (χ3n) is 27.1. The molecule has 0 aliphatic rings. The van der Waals surface area contributed by atoms with Gasteiger partial charge in [0.15, 0.2) is 0 Å². The molecule has 772 valence electrons. The second-order valence-electron chi connectivity index (χ2n) is 51.9. The average molecular weight is 1800 g/mol. The lowest BCUT2D eigenvalue weighted by atomic mass is 9.73. The number of hydrogen-bond acceptors (Lipinski definition) is 11. The highest BCUT2D eigenvalue weighted by Gasteiger charge is 2.34. The van der Waals surface area contributed by atoms with E-state index in [0.29, 0.717) is 169 Å². The Hall–Kier alpha value is -0.440. The molecular weight excluding hydrogens is 1550 g/mol. The molecule has 0 aromatic carbocycles. The Bertz CT molecular complexity index is 1940. The standard InChI is InChI=1S/4C11H24O.7C10H22O/c4*1-9(2)10(7-8-12-6)11(3,4)5;4*1-8(2)9(6-7-11)10(3,4)5;3*1-7-11-9(3)8(2)10(4,5)6/h4*9-10H,7-8H2,1-6H3;4*8-9,11H,6-7H2,1-5H3;3*8-9H,7H2,1-6H3/t4*10-;4*9-;8-,9+;2*8-,9-/m11001100010/s1. The van der Waals surface area contributed by atoms with Crippen LogP contribution in [0.4, 0.5) is 0 Å². The van der Waals surface area contributed by atoms with Crippen molar-refractivity contribution in [3.63, 3.8) is 0 Å². The van der Waals surface area contributed by atoms with E-state index in [-0.39, 0.29) is 0 Å². The zero-order chi connectivity index (χ0) is 103. The van der Waals surface area contributed by atoms with E-state index < -0.39 is 0 Å². The summed E-state index contributed by atoms with van der Waals surface area (Å²) in [6.07, 6.45) is 9.56. The van der Waals surface area contributed by atoms with Crippen LogP contribution in [0.15, 0.2) is 0 Å². The van der Waals surface area contributed by atoms with E-state index in [4.69, 9.17) is 53.6 Å². The van der Waals surface area contributed by atoms with E-state index in [2.05, 4.69) is 381 Å². The van der Waals surface area contributed by atoms with Crippen molar-refractivity contribution in [1.82, 2.24) is 0 Å². The van der Waals surface area contributed by atoms with Crippen molar-refractivity contribution in [2.75, 3.05) is 101 Å². The summed E-state index contributed by atoms with van der Waals surface area (Å²) < 4.78 is 37.1. The summed E-state index contributed by atoms with van der Waals surface area (Å²) in [4.78, 5) is 0. The van der Waals surface area contributed by atoms with Gasteiger partial charge in [0.1, 0.15) is 0 Å². The van der Waals surface area contributed by atoms with E-state index in [1.54, 1.807) is 28.4 Å². The number of aliphatic hydroxyl groups is 4. The van der Waals surface area contributed by atoms with E-state index in [1.807, 2.05) is 20.8 Å². The summed E-state index contributed by atoms with van der Waals surface area (Å²) in [5.74, 6) is 13.1. The van der Waals surface area contributed by atoms with E-state index in [1.165, 1.54) is 25.7 Å². The molecule has 0 spiro atoms. The van der Waals surface area contributed by atoms with Gasteiger partial charge in [0.2, 0.25) is 0 Å². The van der Waals surface area contributed by atoms with Crippen LogP contribution in [0.5, 0.6) is 0 Å². The monoisotopic (exact) mass is 1800 g/mol. The highest BCUT2D eigenvalue weighted by molar-refractivity contribution is 4.84. The highest BCUT2D eigenvalue weighted by atomic mass is 16.5. The van der Waals surface area contributed by atoms with Crippen LogP contribution in [0.25, 0.3) is 0 Å². The summed E-state index contributed by atoms with van der Waals surface area (Å²) in [6, 6.07) is 0. The Morgan fingerprint density at radius 2 is 0.280 bits per heavy atom. The van der Waals surface area contributed by atoms with Crippen LogP contribution in [-0.4, -0.2) is 140 Å². The fourth-order valence-corrected chi connectivity index (χ4v) is 19.0. The van der Waals surface area contributed by atoms with Crippen LogP contribution in [-0.2, 0) is 33.2 Å². The fraction of sp³-hybridized carbons (Fsp3) is 1.00. The van der Waals surface area contributed by atoms with Crippen LogP contribution >= 0.6 is 0 Å². The molecule has 125 heavy (non-hydrogen) atoms. The van der Waals surface area contributed by atoms with E-state index >= 15 is 0 Å². The molecular formula is C114H250O11. The average Bonchev–Trinajstić information content (AvgIpc) is 0.872. The predicted octanol–water partition coefficient (Wildman–Crippen LogP) is 33.4. The molecule has 0 aliphatic heterocycles. The molecule has 0 amide bonds. The van der Waals surface area contributed by atoms with Gasteiger partial charge < -0.3 is 53.6 Å². The first-order valence-corrected chi connectivity index (χ1v) is 51.1. The summed E-state index contributed by atoms with van der Waals surface area (Å²) in [6.45, 7) is 138. The van der Waals surface area contributed by atoms with Crippen molar-refractivity contribution in [1.29, 1.82) is 0 Å². The lowest BCUT2D eigenvalue weighted by molar-refractivity contribution is 0.000785. The van der Waals surface area contributed by atoms with Gasteiger partial charge in [-0.2, -0.15) is 0 Å². The van der Waals surface area contributed by atoms with Crippen LogP contribution in [0.1, 0.15) is 453 Å². The molecule has 0 bridgehead atoms. The third-order valence-corrected chi connectivity index (χ3v) is 27.1. The minimum Gasteiger partial charge on any atom is -0.396 e. The maximum absolute atomic E-state index is 8.85. The van der Waals surface area contributed by atoms with Gasteiger partial charge >= 0.3 is 0 Å². The molecule has 0 saturated heterocycles. The zero-order valence-corrected chi connectivity index (χ0v) is 98.3. The lowest BCUT2D eigenvalue weighted by Gasteiger charge is -2.33. The van der Waals surface area contributed by atoms with Gasteiger partial charge in [0.25, 0.3) is 0 Å². The van der Waals surface area contributed by atoms with E-state index in [9.17, 15) is 0 Å². The van der Waals surface area contributed by atoms with Crippen molar-refractivity contribution >= 4 is 0 Å². The van der Waals surface area contributed by atoms with Gasteiger partial charge in [0.05, 0.1) is 18.3 Å². The van der Waals surface area contributed by atoms with E-state index in [0.717, 1.165) is 119 Å². The number of rotatable bonds is 37. The van der Waals surface area contributed by atoms with Crippen LogP contribution < -0.4 is 0 Å².